The maximum Gasteiger partial charge on any atom is 0.335 e. The van der Waals surface area contributed by atoms with E-state index in [0.717, 1.165) is 12.8 Å². The van der Waals surface area contributed by atoms with Gasteiger partial charge >= 0.3 is 5.97 Å². The first-order valence-corrected chi connectivity index (χ1v) is 6.80. The van der Waals surface area contributed by atoms with E-state index in [-0.39, 0.29) is 30.5 Å². The van der Waals surface area contributed by atoms with Crippen molar-refractivity contribution in [1.82, 2.24) is 0 Å². The Morgan fingerprint density at radius 1 is 1.30 bits per heavy atom. The predicted molar refractivity (Wildman–Crippen MR) is 74.7 cm³/mol. The van der Waals surface area contributed by atoms with Gasteiger partial charge in [-0.3, -0.25) is 4.79 Å². The van der Waals surface area contributed by atoms with Crippen LogP contribution >= 0.6 is 0 Å². The summed E-state index contributed by atoms with van der Waals surface area (Å²) >= 11 is 0. The van der Waals surface area contributed by atoms with Crippen LogP contribution in [0.3, 0.4) is 0 Å². The van der Waals surface area contributed by atoms with Crippen LogP contribution in [0.2, 0.25) is 0 Å². The number of aromatic carboxylic acids is 1. The van der Waals surface area contributed by atoms with E-state index in [2.05, 4.69) is 0 Å². The SMILES string of the molecule is CC(C(=O)N(CCO)c1ccc(C(=O)O)cc1)C1CC1. The average Bonchev–Trinajstić information content (AvgIpc) is 3.28. The molecule has 108 valence electrons. The summed E-state index contributed by atoms with van der Waals surface area (Å²) < 4.78 is 0. The molecule has 20 heavy (non-hydrogen) atoms. The lowest BCUT2D eigenvalue weighted by molar-refractivity contribution is -0.122. The maximum absolute atomic E-state index is 12.4. The number of rotatable bonds is 6. The minimum Gasteiger partial charge on any atom is -0.478 e. The summed E-state index contributed by atoms with van der Waals surface area (Å²) in [6, 6.07) is 6.15. The fourth-order valence-corrected chi connectivity index (χ4v) is 2.29. The topological polar surface area (TPSA) is 77.8 Å². The van der Waals surface area contributed by atoms with Crippen molar-refractivity contribution in [3.05, 3.63) is 29.8 Å². The number of anilines is 1. The molecule has 0 aliphatic heterocycles. The van der Waals surface area contributed by atoms with Crippen molar-refractivity contribution < 1.29 is 19.8 Å². The highest BCUT2D eigenvalue weighted by Crippen LogP contribution is 2.38. The zero-order valence-corrected chi connectivity index (χ0v) is 11.5. The van der Waals surface area contributed by atoms with Crippen LogP contribution in [0.25, 0.3) is 0 Å². The van der Waals surface area contributed by atoms with E-state index < -0.39 is 5.97 Å². The number of hydrogen-bond donors (Lipinski definition) is 2. The van der Waals surface area contributed by atoms with E-state index in [9.17, 15) is 9.59 Å². The Bertz CT molecular complexity index is 493. The number of nitrogens with zero attached hydrogens (tertiary/aromatic N) is 1. The van der Waals surface area contributed by atoms with Crippen molar-refractivity contribution >= 4 is 17.6 Å². The molecular weight excluding hydrogens is 258 g/mol. The minimum atomic E-state index is -0.997. The fraction of sp³-hybridized carbons (Fsp3) is 0.467. The molecular formula is C15H19NO4. The molecule has 5 heteroatoms. The molecule has 1 aliphatic rings. The lowest BCUT2D eigenvalue weighted by Gasteiger charge is -2.25. The van der Waals surface area contributed by atoms with E-state index >= 15 is 0 Å². The van der Waals surface area contributed by atoms with E-state index in [4.69, 9.17) is 10.2 Å². The molecule has 1 fully saturated rings. The second-order valence-electron chi connectivity index (χ2n) is 5.19. The highest BCUT2D eigenvalue weighted by molar-refractivity contribution is 5.96. The van der Waals surface area contributed by atoms with E-state index in [1.54, 1.807) is 12.1 Å². The van der Waals surface area contributed by atoms with Gasteiger partial charge in [0.25, 0.3) is 0 Å². The summed E-state index contributed by atoms with van der Waals surface area (Å²) in [5.74, 6) is -0.616. The Hall–Kier alpha value is -1.88. The molecule has 0 radical (unpaired) electrons. The average molecular weight is 277 g/mol. The number of carboxylic acid groups (broad SMARTS) is 1. The number of hydrogen-bond acceptors (Lipinski definition) is 3. The third-order valence-corrected chi connectivity index (χ3v) is 3.73. The quantitative estimate of drug-likeness (QED) is 0.830. The van der Waals surface area contributed by atoms with Crippen molar-refractivity contribution in [2.45, 2.75) is 19.8 Å². The second-order valence-corrected chi connectivity index (χ2v) is 5.19. The van der Waals surface area contributed by atoms with Crippen molar-refractivity contribution in [2.75, 3.05) is 18.1 Å². The molecule has 2 rings (SSSR count). The van der Waals surface area contributed by atoms with E-state index in [1.807, 2.05) is 6.92 Å². The highest BCUT2D eigenvalue weighted by atomic mass is 16.4. The third kappa shape index (κ3) is 3.17. The summed E-state index contributed by atoms with van der Waals surface area (Å²) in [5.41, 5.74) is 0.807. The molecule has 1 atom stereocenters. The summed E-state index contributed by atoms with van der Waals surface area (Å²) in [4.78, 5) is 24.8. The molecule has 1 unspecified atom stereocenters. The highest BCUT2D eigenvalue weighted by Gasteiger charge is 2.35. The van der Waals surface area contributed by atoms with Gasteiger partial charge in [-0.25, -0.2) is 4.79 Å². The standard InChI is InChI=1S/C15H19NO4/c1-10(11-2-3-11)14(18)16(8-9-17)13-6-4-12(5-7-13)15(19)20/h4-7,10-11,17H,2-3,8-9H2,1H3,(H,19,20). The zero-order valence-electron chi connectivity index (χ0n) is 11.5. The van der Waals surface area contributed by atoms with Crippen LogP contribution in [0, 0.1) is 11.8 Å². The van der Waals surface area contributed by atoms with Crippen LogP contribution in [0.4, 0.5) is 5.69 Å². The normalized spacial score (nSPS) is 15.7. The summed E-state index contributed by atoms with van der Waals surface area (Å²) in [5, 5.41) is 18.0. The number of amides is 1. The Balaban J connectivity index is 2.18. The molecule has 1 aromatic rings. The van der Waals surface area contributed by atoms with Crippen LogP contribution in [0.5, 0.6) is 0 Å². The Morgan fingerprint density at radius 3 is 2.35 bits per heavy atom. The minimum absolute atomic E-state index is 0.00961. The van der Waals surface area contributed by atoms with Gasteiger partial charge in [-0.15, -0.1) is 0 Å². The third-order valence-electron chi connectivity index (χ3n) is 3.73. The van der Waals surface area contributed by atoms with Gasteiger partial charge in [0, 0.05) is 18.2 Å². The first kappa shape index (κ1) is 14.5. The van der Waals surface area contributed by atoms with Gasteiger partial charge in [-0.05, 0) is 43.0 Å². The van der Waals surface area contributed by atoms with Crippen molar-refractivity contribution in [3.8, 4) is 0 Å². The van der Waals surface area contributed by atoms with Gasteiger partial charge < -0.3 is 15.1 Å². The van der Waals surface area contributed by atoms with Crippen LogP contribution in [0.15, 0.2) is 24.3 Å². The molecule has 0 spiro atoms. The molecule has 2 N–H and O–H groups in total. The lowest BCUT2D eigenvalue weighted by atomic mass is 10.0. The lowest BCUT2D eigenvalue weighted by Crippen LogP contribution is -2.38. The molecule has 0 heterocycles. The van der Waals surface area contributed by atoms with Gasteiger partial charge in [-0.2, -0.15) is 0 Å². The smallest absolute Gasteiger partial charge is 0.335 e. The van der Waals surface area contributed by atoms with Gasteiger partial charge in [0.1, 0.15) is 0 Å². The molecule has 0 bridgehead atoms. The number of carbonyl (C=O) groups excluding carboxylic acids is 1. The molecule has 1 aliphatic carbocycles. The van der Waals surface area contributed by atoms with Crippen LogP contribution in [0.1, 0.15) is 30.1 Å². The Morgan fingerprint density at radius 2 is 1.90 bits per heavy atom. The summed E-state index contributed by atoms with van der Waals surface area (Å²) in [6.45, 7) is 2.02. The van der Waals surface area contributed by atoms with Crippen molar-refractivity contribution in [3.63, 3.8) is 0 Å². The number of carboxylic acids is 1. The van der Waals surface area contributed by atoms with Gasteiger partial charge in [0.2, 0.25) is 5.91 Å². The monoisotopic (exact) mass is 277 g/mol. The molecule has 1 aromatic carbocycles. The number of aliphatic hydroxyl groups excluding tert-OH is 1. The summed E-state index contributed by atoms with van der Waals surface area (Å²) in [6.07, 6.45) is 2.16. The number of aliphatic hydroxyl groups is 1. The largest absolute Gasteiger partial charge is 0.478 e. The maximum atomic E-state index is 12.4. The Kier molecular flexibility index (Phi) is 4.39. The van der Waals surface area contributed by atoms with Crippen molar-refractivity contribution in [2.24, 2.45) is 11.8 Å². The zero-order chi connectivity index (χ0) is 14.7. The van der Waals surface area contributed by atoms with Gasteiger partial charge in [-0.1, -0.05) is 6.92 Å². The molecule has 0 saturated heterocycles. The van der Waals surface area contributed by atoms with E-state index in [0.29, 0.717) is 11.6 Å². The van der Waals surface area contributed by atoms with Crippen LogP contribution in [-0.2, 0) is 4.79 Å². The van der Waals surface area contributed by atoms with Crippen LogP contribution < -0.4 is 4.90 Å². The van der Waals surface area contributed by atoms with E-state index in [1.165, 1.54) is 17.0 Å². The van der Waals surface area contributed by atoms with Gasteiger partial charge in [0.05, 0.1) is 12.2 Å². The summed E-state index contributed by atoms with van der Waals surface area (Å²) in [7, 11) is 0. The molecule has 1 amide bonds. The number of carbonyl (C=O) groups is 2. The first-order valence-electron chi connectivity index (χ1n) is 6.80. The molecule has 5 nitrogen and oxygen atoms in total. The van der Waals surface area contributed by atoms with Crippen LogP contribution in [-0.4, -0.2) is 35.2 Å². The number of benzene rings is 1. The van der Waals surface area contributed by atoms with Gasteiger partial charge in [0.15, 0.2) is 0 Å². The Labute approximate surface area is 117 Å². The fourth-order valence-electron chi connectivity index (χ4n) is 2.29. The van der Waals surface area contributed by atoms with Crippen molar-refractivity contribution in [1.29, 1.82) is 0 Å². The molecule has 0 aromatic heterocycles. The second kappa shape index (κ2) is 6.05. The first-order chi connectivity index (χ1) is 9.54. The predicted octanol–water partition coefficient (Wildman–Crippen LogP) is 1.76. The molecule has 1 saturated carbocycles.